The lowest BCUT2D eigenvalue weighted by atomic mass is 9.95. The molecule has 1 aromatic heterocycles. The topological polar surface area (TPSA) is 68.0 Å². The molecule has 4 aromatic rings. The molecule has 1 unspecified atom stereocenters. The number of nitrogens with zero attached hydrogens (tertiary/aromatic N) is 1. The number of rotatable bonds is 4. The summed E-state index contributed by atoms with van der Waals surface area (Å²) < 4.78 is 15.3. The maximum atomic E-state index is 12.1. The van der Waals surface area contributed by atoms with E-state index < -0.39 is 11.0 Å². The summed E-state index contributed by atoms with van der Waals surface area (Å²) in [5.41, 5.74) is 12.0. The number of pyridine rings is 1. The summed E-state index contributed by atoms with van der Waals surface area (Å²) in [5.74, 6) is 0. The summed E-state index contributed by atoms with van der Waals surface area (Å²) in [6, 6.07) is 25.6. The summed E-state index contributed by atoms with van der Waals surface area (Å²) in [7, 11) is -1.25. The normalized spacial score (nSPS) is 12.0. The van der Waals surface area contributed by atoms with Crippen LogP contribution in [0.2, 0.25) is 0 Å². The van der Waals surface area contributed by atoms with Gasteiger partial charge in [0.1, 0.15) is 11.0 Å². The molecule has 0 saturated carbocycles. The van der Waals surface area contributed by atoms with Crippen molar-refractivity contribution in [3.63, 3.8) is 0 Å². The highest BCUT2D eigenvalue weighted by atomic mass is 32.2. The minimum absolute atomic E-state index is 0.640. The Bertz CT molecular complexity index is 1130. The van der Waals surface area contributed by atoms with Crippen molar-refractivity contribution in [1.29, 1.82) is 0 Å². The van der Waals surface area contributed by atoms with Crippen molar-refractivity contribution in [3.8, 4) is 22.4 Å². The van der Waals surface area contributed by atoms with E-state index in [4.69, 9.17) is 10.7 Å². The van der Waals surface area contributed by atoms with Gasteiger partial charge in [0, 0.05) is 28.5 Å². The van der Waals surface area contributed by atoms with E-state index in [0.717, 1.165) is 39.0 Å². The van der Waals surface area contributed by atoms with Crippen LogP contribution in [0.4, 0.5) is 11.4 Å². The summed E-state index contributed by atoms with van der Waals surface area (Å²) in [6.07, 6.45) is 1.62. The molecular formula is C22H19N3OS. The molecule has 27 heavy (non-hydrogen) atoms. The fourth-order valence-electron chi connectivity index (χ4n) is 3.22. The Labute approximate surface area is 160 Å². The Balaban J connectivity index is 2.15. The van der Waals surface area contributed by atoms with Crippen molar-refractivity contribution < 1.29 is 4.21 Å². The van der Waals surface area contributed by atoms with Crippen LogP contribution in [0.3, 0.4) is 0 Å². The number of hydrogen-bond donors (Lipinski definition) is 2. The largest absolute Gasteiger partial charge is 0.399 e. The van der Waals surface area contributed by atoms with Crippen LogP contribution in [-0.4, -0.2) is 15.4 Å². The fraction of sp³-hybridized carbons (Fsp3) is 0.0455. The van der Waals surface area contributed by atoms with E-state index in [9.17, 15) is 4.21 Å². The molecule has 3 N–H and O–H groups in total. The van der Waals surface area contributed by atoms with Crippen molar-refractivity contribution >= 4 is 33.3 Å². The van der Waals surface area contributed by atoms with Crippen molar-refractivity contribution in [2.75, 3.05) is 16.7 Å². The molecule has 1 heterocycles. The van der Waals surface area contributed by atoms with E-state index >= 15 is 0 Å². The number of aromatic nitrogens is 1. The average Bonchev–Trinajstić information content (AvgIpc) is 2.69. The molecule has 0 spiro atoms. The molecule has 1 atom stereocenters. The molecule has 0 aliphatic carbocycles. The van der Waals surface area contributed by atoms with Gasteiger partial charge in [-0.15, -0.1) is 0 Å². The molecule has 0 saturated heterocycles. The minimum atomic E-state index is -1.25. The highest BCUT2D eigenvalue weighted by Crippen LogP contribution is 2.41. The Kier molecular flexibility index (Phi) is 4.60. The number of hydrogen-bond acceptors (Lipinski definition) is 3. The van der Waals surface area contributed by atoms with Gasteiger partial charge < -0.3 is 10.5 Å². The van der Waals surface area contributed by atoms with Crippen LogP contribution in [0.5, 0.6) is 0 Å². The first kappa shape index (κ1) is 17.2. The van der Waals surface area contributed by atoms with Crippen LogP contribution in [0.1, 0.15) is 0 Å². The first-order valence-corrected chi connectivity index (χ1v) is 10.1. The number of benzene rings is 3. The van der Waals surface area contributed by atoms with Gasteiger partial charge in [-0.05, 0) is 23.8 Å². The average molecular weight is 373 g/mol. The lowest BCUT2D eigenvalue weighted by Gasteiger charge is -2.18. The van der Waals surface area contributed by atoms with Gasteiger partial charge in [-0.3, -0.25) is 0 Å². The number of nitrogens with one attached hydrogen (secondary N) is 1. The predicted molar refractivity (Wildman–Crippen MR) is 115 cm³/mol. The van der Waals surface area contributed by atoms with Crippen molar-refractivity contribution in [1.82, 2.24) is 4.98 Å². The first-order chi connectivity index (χ1) is 13.1. The summed E-state index contributed by atoms with van der Waals surface area (Å²) in [5, 5.41) is 0.851. The molecule has 134 valence electrons. The number of fused-ring (bicyclic) bond motifs is 1. The predicted octanol–water partition coefficient (Wildman–Crippen LogP) is 4.86. The zero-order valence-electron chi connectivity index (χ0n) is 14.8. The highest BCUT2D eigenvalue weighted by Gasteiger charge is 2.19. The second-order valence-corrected chi connectivity index (χ2v) is 7.39. The quantitative estimate of drug-likeness (QED) is 0.502. The molecule has 3 aromatic carbocycles. The smallest absolute Gasteiger partial charge is 0.113 e. The van der Waals surface area contributed by atoms with Gasteiger partial charge in [0.2, 0.25) is 0 Å². The van der Waals surface area contributed by atoms with Gasteiger partial charge in [0.05, 0.1) is 16.9 Å². The SMILES string of the molecule is CS(=O)Nc1c(-c2ccccc2)c(-c2ccccc2)nc2ccc(N)cc12. The second-order valence-electron chi connectivity index (χ2n) is 6.28. The Morgan fingerprint density at radius 3 is 2.15 bits per heavy atom. The molecule has 0 fully saturated rings. The van der Waals surface area contributed by atoms with Crippen LogP contribution in [0.15, 0.2) is 78.9 Å². The second kappa shape index (κ2) is 7.21. The zero-order valence-corrected chi connectivity index (χ0v) is 15.7. The standard InChI is InChI=1S/C22H19N3OS/c1-27(26)25-22-18-14-17(23)12-13-19(18)24-21(16-10-6-3-7-11-16)20(22)15-8-4-2-5-9-15/h2-14H,23H2,1H3,(H,24,25). The van der Waals surface area contributed by atoms with E-state index in [-0.39, 0.29) is 0 Å². The first-order valence-electron chi connectivity index (χ1n) is 8.57. The van der Waals surface area contributed by atoms with Crippen LogP contribution in [0.25, 0.3) is 33.3 Å². The van der Waals surface area contributed by atoms with Crippen LogP contribution >= 0.6 is 0 Å². The van der Waals surface area contributed by atoms with Crippen molar-refractivity contribution in [2.24, 2.45) is 0 Å². The number of nitrogen functional groups attached to an aromatic ring is 1. The molecule has 4 nitrogen and oxygen atoms in total. The number of anilines is 2. The van der Waals surface area contributed by atoms with Gasteiger partial charge in [0.25, 0.3) is 0 Å². The van der Waals surface area contributed by atoms with E-state index in [1.54, 1.807) is 6.26 Å². The molecule has 0 bridgehead atoms. The summed E-state index contributed by atoms with van der Waals surface area (Å²) in [6.45, 7) is 0. The maximum absolute atomic E-state index is 12.1. The van der Waals surface area contributed by atoms with E-state index in [1.807, 2.05) is 78.9 Å². The van der Waals surface area contributed by atoms with Gasteiger partial charge in [0.15, 0.2) is 0 Å². The van der Waals surface area contributed by atoms with Gasteiger partial charge in [-0.1, -0.05) is 60.7 Å². The summed E-state index contributed by atoms with van der Waals surface area (Å²) in [4.78, 5) is 4.94. The van der Waals surface area contributed by atoms with Crippen molar-refractivity contribution in [2.45, 2.75) is 0 Å². The Morgan fingerprint density at radius 1 is 0.889 bits per heavy atom. The monoisotopic (exact) mass is 373 g/mol. The van der Waals surface area contributed by atoms with Crippen LogP contribution in [-0.2, 0) is 11.0 Å². The van der Waals surface area contributed by atoms with E-state index in [1.165, 1.54) is 0 Å². The van der Waals surface area contributed by atoms with E-state index in [2.05, 4.69) is 4.72 Å². The van der Waals surface area contributed by atoms with Crippen LogP contribution in [0, 0.1) is 0 Å². The molecule has 0 aliphatic rings. The van der Waals surface area contributed by atoms with Gasteiger partial charge >= 0.3 is 0 Å². The molecule has 0 aliphatic heterocycles. The molecule has 0 radical (unpaired) electrons. The third-order valence-corrected chi connectivity index (χ3v) is 4.86. The molecule has 4 rings (SSSR count). The van der Waals surface area contributed by atoms with E-state index in [0.29, 0.717) is 5.69 Å². The van der Waals surface area contributed by atoms with Gasteiger partial charge in [-0.25, -0.2) is 9.19 Å². The molecular weight excluding hydrogens is 354 g/mol. The molecule has 5 heteroatoms. The highest BCUT2D eigenvalue weighted by molar-refractivity contribution is 7.85. The Morgan fingerprint density at radius 2 is 1.52 bits per heavy atom. The lowest BCUT2D eigenvalue weighted by molar-refractivity contribution is 0.690. The summed E-state index contributed by atoms with van der Waals surface area (Å²) >= 11 is 0. The fourth-order valence-corrected chi connectivity index (χ4v) is 3.72. The van der Waals surface area contributed by atoms with Gasteiger partial charge in [-0.2, -0.15) is 0 Å². The Hall–Kier alpha value is -3.18. The minimum Gasteiger partial charge on any atom is -0.399 e. The van der Waals surface area contributed by atoms with Crippen LogP contribution < -0.4 is 10.5 Å². The lowest BCUT2D eigenvalue weighted by Crippen LogP contribution is -2.06. The third kappa shape index (κ3) is 3.41. The zero-order chi connectivity index (χ0) is 18.8. The number of nitrogens with two attached hydrogens (primary N) is 1. The molecule has 0 amide bonds. The van der Waals surface area contributed by atoms with Crippen molar-refractivity contribution in [3.05, 3.63) is 78.9 Å². The third-order valence-electron chi connectivity index (χ3n) is 4.36. The maximum Gasteiger partial charge on any atom is 0.113 e.